The maximum Gasteiger partial charge on any atom is 0.306 e. The number of rotatable bonds is 3. The second-order valence-electron chi connectivity index (χ2n) is 4.98. The Hall–Kier alpha value is -1.20. The van der Waals surface area contributed by atoms with Crippen LogP contribution in [0.4, 0.5) is 0 Å². The summed E-state index contributed by atoms with van der Waals surface area (Å²) >= 11 is 0. The minimum Gasteiger partial charge on any atom is -0.481 e. The van der Waals surface area contributed by atoms with E-state index in [0.717, 1.165) is 25.6 Å². The van der Waals surface area contributed by atoms with E-state index < -0.39 is 5.97 Å². The van der Waals surface area contributed by atoms with Crippen LogP contribution in [0.5, 0.6) is 0 Å². The van der Waals surface area contributed by atoms with Crippen molar-refractivity contribution in [3.63, 3.8) is 0 Å². The lowest BCUT2D eigenvalue weighted by Crippen LogP contribution is -2.08. The van der Waals surface area contributed by atoms with Gasteiger partial charge in [-0.05, 0) is 33.1 Å². The molecule has 0 aromatic heterocycles. The Kier molecular flexibility index (Phi) is 11.8. The highest BCUT2D eigenvalue weighted by molar-refractivity contribution is 5.69. The molecule has 0 saturated carbocycles. The van der Waals surface area contributed by atoms with E-state index in [1.807, 2.05) is 26.8 Å². The minimum absolute atomic E-state index is 0.176. The van der Waals surface area contributed by atoms with Crippen molar-refractivity contribution in [1.29, 1.82) is 0 Å². The summed E-state index contributed by atoms with van der Waals surface area (Å²) < 4.78 is 10.5. The van der Waals surface area contributed by atoms with Crippen LogP contribution in [-0.2, 0) is 14.3 Å². The molecule has 5 nitrogen and oxygen atoms in total. The predicted molar refractivity (Wildman–Crippen MR) is 84.5 cm³/mol. The molecule has 122 valence electrons. The van der Waals surface area contributed by atoms with Crippen molar-refractivity contribution in [3.05, 3.63) is 12.3 Å². The fourth-order valence-electron chi connectivity index (χ4n) is 1.75. The van der Waals surface area contributed by atoms with Gasteiger partial charge in [0.05, 0.1) is 19.1 Å². The molecule has 0 bridgehead atoms. The average Bonchev–Trinajstić information content (AvgIpc) is 3.09. The minimum atomic E-state index is -0.706. The Morgan fingerprint density at radius 3 is 2.14 bits per heavy atom. The fraction of sp³-hybridized carbons (Fsp3) is 0.750. The zero-order valence-corrected chi connectivity index (χ0v) is 13.6. The zero-order valence-electron chi connectivity index (χ0n) is 13.6. The van der Waals surface area contributed by atoms with Crippen LogP contribution in [0.25, 0.3) is 0 Å². The first-order valence-corrected chi connectivity index (χ1v) is 7.61. The monoisotopic (exact) mass is 299 g/mol. The van der Waals surface area contributed by atoms with E-state index in [2.05, 4.69) is 4.99 Å². The first-order chi connectivity index (χ1) is 10.1. The Morgan fingerprint density at radius 2 is 1.90 bits per heavy atom. The molecule has 0 aliphatic carbocycles. The summed E-state index contributed by atoms with van der Waals surface area (Å²) in [6, 6.07) is 0. The molecule has 2 rings (SSSR count). The summed E-state index contributed by atoms with van der Waals surface area (Å²) in [7, 11) is 0. The van der Waals surface area contributed by atoms with E-state index in [9.17, 15) is 4.79 Å². The highest BCUT2D eigenvalue weighted by atomic mass is 16.7. The Morgan fingerprint density at radius 1 is 1.33 bits per heavy atom. The summed E-state index contributed by atoms with van der Waals surface area (Å²) in [6.07, 6.45) is 8.71. The van der Waals surface area contributed by atoms with Gasteiger partial charge < -0.3 is 14.6 Å². The van der Waals surface area contributed by atoms with Crippen molar-refractivity contribution in [2.75, 3.05) is 13.2 Å². The van der Waals surface area contributed by atoms with Gasteiger partial charge in [0.15, 0.2) is 6.29 Å². The third kappa shape index (κ3) is 9.37. The molecule has 0 radical (unpaired) electrons. The van der Waals surface area contributed by atoms with Gasteiger partial charge in [0.25, 0.3) is 0 Å². The second kappa shape index (κ2) is 12.5. The number of aliphatic carboxylic acids is 1. The third-order valence-corrected chi connectivity index (χ3v) is 3.34. The van der Waals surface area contributed by atoms with Gasteiger partial charge in [-0.1, -0.05) is 19.9 Å². The number of fused-ring (bicyclic) bond motifs is 1. The number of carbonyl (C=O) groups is 1. The van der Waals surface area contributed by atoms with Crippen LogP contribution >= 0.6 is 0 Å². The highest BCUT2D eigenvalue weighted by Crippen LogP contribution is 2.30. The third-order valence-electron chi connectivity index (χ3n) is 3.34. The van der Waals surface area contributed by atoms with E-state index >= 15 is 0 Å². The number of aliphatic imine (C=N–C) groups is 1. The van der Waals surface area contributed by atoms with Crippen LogP contribution in [0.3, 0.4) is 0 Å². The van der Waals surface area contributed by atoms with Crippen molar-refractivity contribution in [2.45, 2.75) is 53.2 Å². The molecular formula is C16H29NO4. The van der Waals surface area contributed by atoms with E-state index in [4.69, 9.17) is 14.6 Å². The quantitative estimate of drug-likeness (QED) is 0.810. The lowest BCUT2D eigenvalue weighted by molar-refractivity contribution is -0.141. The van der Waals surface area contributed by atoms with Crippen molar-refractivity contribution in [1.82, 2.24) is 0 Å². The molecule has 0 aromatic carbocycles. The molecular weight excluding hydrogens is 270 g/mol. The Balaban J connectivity index is 0.000000291. The van der Waals surface area contributed by atoms with E-state index in [0.29, 0.717) is 0 Å². The van der Waals surface area contributed by atoms with Gasteiger partial charge in [0.2, 0.25) is 0 Å². The summed E-state index contributed by atoms with van der Waals surface area (Å²) in [5.41, 5.74) is 0. The molecule has 2 fully saturated rings. The number of ether oxygens (including phenoxy) is 2. The van der Waals surface area contributed by atoms with E-state index in [1.165, 1.54) is 12.8 Å². The van der Waals surface area contributed by atoms with Crippen LogP contribution in [-0.4, -0.2) is 36.8 Å². The highest BCUT2D eigenvalue weighted by Gasteiger charge is 2.33. The fourth-order valence-corrected chi connectivity index (χ4v) is 1.75. The molecule has 2 aliphatic heterocycles. The smallest absolute Gasteiger partial charge is 0.306 e. The number of nitrogens with zero attached hydrogens (tertiary/aromatic N) is 1. The molecule has 0 amide bonds. The van der Waals surface area contributed by atoms with Gasteiger partial charge in [0, 0.05) is 18.3 Å². The topological polar surface area (TPSA) is 68.1 Å². The molecule has 0 spiro atoms. The van der Waals surface area contributed by atoms with Crippen molar-refractivity contribution in [3.8, 4) is 0 Å². The summed E-state index contributed by atoms with van der Waals surface area (Å²) in [4.78, 5) is 13.7. The molecule has 2 heterocycles. The Bertz CT molecular complexity index is 298. The first kappa shape index (κ1) is 19.8. The normalized spacial score (nSPS) is 25.0. The summed E-state index contributed by atoms with van der Waals surface area (Å²) in [6.45, 7) is 9.21. The molecule has 2 saturated heterocycles. The maximum absolute atomic E-state index is 9.93. The number of carboxylic acid groups (broad SMARTS) is 1. The Labute approximate surface area is 128 Å². The zero-order chi connectivity index (χ0) is 16.1. The summed E-state index contributed by atoms with van der Waals surface area (Å²) in [5.74, 6) is -0.155. The van der Waals surface area contributed by atoms with Crippen molar-refractivity contribution in [2.24, 2.45) is 16.8 Å². The molecule has 1 N–H and O–H groups in total. The van der Waals surface area contributed by atoms with Crippen LogP contribution in [0.2, 0.25) is 0 Å². The van der Waals surface area contributed by atoms with Crippen molar-refractivity contribution < 1.29 is 19.4 Å². The van der Waals surface area contributed by atoms with Gasteiger partial charge in [-0.15, -0.1) is 0 Å². The number of hydrogen-bond acceptors (Lipinski definition) is 4. The van der Waals surface area contributed by atoms with Crippen molar-refractivity contribution >= 4 is 12.2 Å². The molecule has 5 heteroatoms. The lowest BCUT2D eigenvalue weighted by atomic mass is 10.1. The van der Waals surface area contributed by atoms with Crippen LogP contribution in [0.15, 0.2) is 17.3 Å². The van der Waals surface area contributed by atoms with Gasteiger partial charge in [-0.2, -0.15) is 0 Å². The predicted octanol–water partition coefficient (Wildman–Crippen LogP) is 3.50. The standard InChI is InChI=1S/C6H10O2.C5H9N.C5H10O2/c1-3-7-6-5(1)2-4-8-6;1-3-5-6-4-2;1-3-4(2)5(6)7/h5-6H,1-4H2;3-5H,1-2H3;4H,3H2,1-2H3,(H,6,7)/b;5-3-,6-4?;. The molecule has 1 atom stereocenters. The molecule has 0 aromatic rings. The maximum atomic E-state index is 9.93. The number of carboxylic acids is 1. The molecule has 2 aliphatic rings. The SMILES string of the molecule is C1CC2CCOC2O1.CC=N/C=C\C.CCC(C)C(=O)O. The van der Waals surface area contributed by atoms with Crippen LogP contribution < -0.4 is 0 Å². The average molecular weight is 299 g/mol. The van der Waals surface area contributed by atoms with Crippen LogP contribution in [0, 0.1) is 11.8 Å². The first-order valence-electron chi connectivity index (χ1n) is 7.61. The van der Waals surface area contributed by atoms with Crippen LogP contribution in [0.1, 0.15) is 47.0 Å². The summed E-state index contributed by atoms with van der Waals surface area (Å²) in [5, 5.41) is 8.18. The second-order valence-corrected chi connectivity index (χ2v) is 4.98. The molecule has 1 unspecified atom stereocenters. The van der Waals surface area contributed by atoms with Gasteiger partial charge >= 0.3 is 5.97 Å². The number of allylic oxidation sites excluding steroid dienone is 1. The molecule has 21 heavy (non-hydrogen) atoms. The van der Waals surface area contributed by atoms with Gasteiger partial charge in [-0.25, -0.2) is 0 Å². The van der Waals surface area contributed by atoms with Gasteiger partial charge in [-0.3, -0.25) is 9.79 Å². The van der Waals surface area contributed by atoms with Gasteiger partial charge in [0.1, 0.15) is 0 Å². The lowest BCUT2D eigenvalue weighted by Gasteiger charge is -2.03. The largest absolute Gasteiger partial charge is 0.481 e. The number of hydrogen-bond donors (Lipinski definition) is 1. The van der Waals surface area contributed by atoms with E-state index in [-0.39, 0.29) is 12.2 Å². The van der Waals surface area contributed by atoms with E-state index in [1.54, 1.807) is 19.3 Å².